The fourth-order valence-electron chi connectivity index (χ4n) is 4.25. The van der Waals surface area contributed by atoms with Gasteiger partial charge >= 0.3 is 0 Å². The zero-order chi connectivity index (χ0) is 23.3. The maximum absolute atomic E-state index is 13.2. The Morgan fingerprint density at radius 2 is 1.84 bits per heavy atom. The minimum absolute atomic E-state index is 0.0102. The number of benzene rings is 1. The van der Waals surface area contributed by atoms with Crippen molar-refractivity contribution >= 4 is 39.6 Å². The van der Waals surface area contributed by atoms with E-state index in [1.54, 1.807) is 6.92 Å². The number of allylic oxidation sites excluding steroid dienone is 2. The molecular formula is C24H30BrN3O4. The number of hydrogen-bond acceptors (Lipinski definition) is 4. The van der Waals surface area contributed by atoms with Crippen LogP contribution in [0, 0.1) is 11.8 Å². The number of nitrogens with one attached hydrogen (secondary N) is 1. The zero-order valence-corrected chi connectivity index (χ0v) is 20.1. The number of nitrogens with zero attached hydrogens (tertiary/aromatic N) is 2. The molecular weight excluding hydrogens is 474 g/mol. The lowest BCUT2D eigenvalue weighted by molar-refractivity contribution is -0.143. The lowest BCUT2D eigenvalue weighted by Crippen LogP contribution is -2.48. The molecule has 8 heteroatoms. The first kappa shape index (κ1) is 24.2. The summed E-state index contributed by atoms with van der Waals surface area (Å²) in [6, 6.07) is 6.90. The molecule has 3 rings (SSSR count). The summed E-state index contributed by atoms with van der Waals surface area (Å²) in [6.45, 7) is 4.51. The van der Waals surface area contributed by atoms with Gasteiger partial charge in [0.05, 0.1) is 11.8 Å². The lowest BCUT2D eigenvalue weighted by Gasteiger charge is -2.29. The molecule has 7 nitrogen and oxygen atoms in total. The number of carbonyl (C=O) groups excluding carboxylic acids is 4. The third-order valence-corrected chi connectivity index (χ3v) is 6.60. The van der Waals surface area contributed by atoms with E-state index in [1.165, 1.54) is 9.80 Å². The minimum Gasteiger partial charge on any atom is -0.354 e. The Balaban J connectivity index is 1.70. The standard InChI is InChI=1S/C24H30BrN3O4/c1-3-12-26-22(30)16(2)28(15-17-7-6-8-18(25)14-17)21(29)11-13-27-23(31)19-9-4-5-10-20(19)24(27)32/h4-8,14,16,19-20H,3,9-13,15H2,1-2H3,(H,26,30)/t16?,19-,20+. The second-order valence-corrected chi connectivity index (χ2v) is 9.27. The van der Waals surface area contributed by atoms with Gasteiger partial charge in [0.1, 0.15) is 6.04 Å². The average molecular weight is 504 g/mol. The number of halogens is 1. The molecule has 4 amide bonds. The van der Waals surface area contributed by atoms with Crippen molar-refractivity contribution in [3.05, 3.63) is 46.5 Å². The van der Waals surface area contributed by atoms with Crippen LogP contribution in [0.4, 0.5) is 0 Å². The van der Waals surface area contributed by atoms with Crippen LogP contribution in [0.25, 0.3) is 0 Å². The predicted octanol–water partition coefficient (Wildman–Crippen LogP) is 3.03. The van der Waals surface area contributed by atoms with Crippen LogP contribution in [0.2, 0.25) is 0 Å². The molecule has 1 aromatic rings. The van der Waals surface area contributed by atoms with E-state index in [2.05, 4.69) is 21.2 Å². The summed E-state index contributed by atoms with van der Waals surface area (Å²) in [5.41, 5.74) is 0.883. The second-order valence-electron chi connectivity index (χ2n) is 8.35. The van der Waals surface area contributed by atoms with Gasteiger partial charge in [-0.05, 0) is 43.9 Å². The van der Waals surface area contributed by atoms with Gasteiger partial charge in [-0.15, -0.1) is 0 Å². The highest BCUT2D eigenvalue weighted by atomic mass is 79.9. The van der Waals surface area contributed by atoms with Crippen LogP contribution >= 0.6 is 15.9 Å². The Morgan fingerprint density at radius 3 is 2.44 bits per heavy atom. The molecule has 1 heterocycles. The number of hydrogen-bond donors (Lipinski definition) is 1. The average Bonchev–Trinajstić information content (AvgIpc) is 3.03. The predicted molar refractivity (Wildman–Crippen MR) is 124 cm³/mol. The third-order valence-electron chi connectivity index (χ3n) is 6.11. The molecule has 0 saturated carbocycles. The summed E-state index contributed by atoms with van der Waals surface area (Å²) in [4.78, 5) is 54.0. The van der Waals surface area contributed by atoms with Gasteiger partial charge in [0, 0.05) is 30.5 Å². The second kappa shape index (κ2) is 10.9. The van der Waals surface area contributed by atoms with Gasteiger partial charge in [-0.3, -0.25) is 24.1 Å². The van der Waals surface area contributed by atoms with Gasteiger partial charge in [0.15, 0.2) is 0 Å². The Labute approximate surface area is 197 Å². The molecule has 0 bridgehead atoms. The van der Waals surface area contributed by atoms with E-state index in [0.717, 1.165) is 16.5 Å². The van der Waals surface area contributed by atoms with E-state index in [9.17, 15) is 19.2 Å². The minimum atomic E-state index is -0.676. The fourth-order valence-corrected chi connectivity index (χ4v) is 4.70. The van der Waals surface area contributed by atoms with E-state index in [4.69, 9.17) is 0 Å². The summed E-state index contributed by atoms with van der Waals surface area (Å²) in [7, 11) is 0. The number of likely N-dealkylation sites (tertiary alicyclic amines) is 1. The number of imide groups is 1. The molecule has 1 unspecified atom stereocenters. The molecule has 0 aromatic heterocycles. The first-order valence-electron chi connectivity index (χ1n) is 11.1. The Hall–Kier alpha value is -2.48. The van der Waals surface area contributed by atoms with E-state index in [1.807, 2.05) is 43.3 Å². The molecule has 1 aliphatic heterocycles. The number of amides is 4. The highest BCUT2D eigenvalue weighted by molar-refractivity contribution is 9.10. The normalized spacial score (nSPS) is 20.8. The van der Waals surface area contributed by atoms with Crippen molar-refractivity contribution in [1.29, 1.82) is 0 Å². The van der Waals surface area contributed by atoms with Crippen LogP contribution in [-0.4, -0.2) is 52.6 Å². The Morgan fingerprint density at radius 1 is 1.19 bits per heavy atom. The highest BCUT2D eigenvalue weighted by Gasteiger charge is 2.47. The lowest BCUT2D eigenvalue weighted by atomic mass is 9.85. The van der Waals surface area contributed by atoms with Crippen molar-refractivity contribution in [2.45, 2.75) is 52.1 Å². The van der Waals surface area contributed by atoms with E-state index in [-0.39, 0.29) is 55.0 Å². The Bertz CT molecular complexity index is 890. The van der Waals surface area contributed by atoms with Crippen LogP contribution in [0.3, 0.4) is 0 Å². The molecule has 0 spiro atoms. The van der Waals surface area contributed by atoms with Gasteiger partial charge in [0.25, 0.3) is 0 Å². The topological polar surface area (TPSA) is 86.8 Å². The molecule has 2 aliphatic rings. The van der Waals surface area contributed by atoms with Crippen LogP contribution in [0.1, 0.15) is 45.1 Å². The highest BCUT2D eigenvalue weighted by Crippen LogP contribution is 2.35. The summed E-state index contributed by atoms with van der Waals surface area (Å²) < 4.78 is 0.884. The van der Waals surface area contributed by atoms with Crippen molar-refractivity contribution in [2.75, 3.05) is 13.1 Å². The number of fused-ring (bicyclic) bond motifs is 1. The van der Waals surface area contributed by atoms with Crippen LogP contribution in [-0.2, 0) is 25.7 Å². The summed E-state index contributed by atoms with van der Waals surface area (Å²) >= 11 is 3.44. The summed E-state index contributed by atoms with van der Waals surface area (Å²) in [5.74, 6) is -1.48. The number of carbonyl (C=O) groups is 4. The molecule has 1 saturated heterocycles. The van der Waals surface area contributed by atoms with Gasteiger partial charge in [0.2, 0.25) is 23.6 Å². The summed E-state index contributed by atoms with van der Waals surface area (Å²) in [5, 5.41) is 2.84. The van der Waals surface area contributed by atoms with Gasteiger partial charge in [-0.1, -0.05) is 47.1 Å². The van der Waals surface area contributed by atoms with Crippen LogP contribution in [0.15, 0.2) is 40.9 Å². The van der Waals surface area contributed by atoms with Crippen molar-refractivity contribution in [2.24, 2.45) is 11.8 Å². The van der Waals surface area contributed by atoms with Gasteiger partial charge in [-0.2, -0.15) is 0 Å². The molecule has 1 aromatic carbocycles. The van der Waals surface area contributed by atoms with Crippen LogP contribution < -0.4 is 5.32 Å². The molecule has 32 heavy (non-hydrogen) atoms. The SMILES string of the molecule is CCCNC(=O)C(C)N(Cc1cccc(Br)c1)C(=O)CCN1C(=O)[C@H]2CC=CC[C@H]2C1=O. The molecule has 0 radical (unpaired) electrons. The molecule has 3 atom stereocenters. The maximum atomic E-state index is 13.2. The third kappa shape index (κ3) is 5.46. The monoisotopic (exact) mass is 503 g/mol. The first-order chi connectivity index (χ1) is 15.3. The molecule has 1 aliphatic carbocycles. The fraction of sp³-hybridized carbons (Fsp3) is 0.500. The number of rotatable bonds is 9. The maximum Gasteiger partial charge on any atom is 0.242 e. The zero-order valence-electron chi connectivity index (χ0n) is 18.6. The molecule has 172 valence electrons. The van der Waals surface area contributed by atoms with E-state index >= 15 is 0 Å². The van der Waals surface area contributed by atoms with Gasteiger partial charge in [-0.25, -0.2) is 0 Å². The van der Waals surface area contributed by atoms with E-state index in [0.29, 0.717) is 19.4 Å². The van der Waals surface area contributed by atoms with E-state index < -0.39 is 6.04 Å². The van der Waals surface area contributed by atoms with Crippen LogP contribution in [0.5, 0.6) is 0 Å². The molecule has 1 fully saturated rings. The molecule has 1 N–H and O–H groups in total. The van der Waals surface area contributed by atoms with Crippen molar-refractivity contribution < 1.29 is 19.2 Å². The van der Waals surface area contributed by atoms with Crippen molar-refractivity contribution in [3.63, 3.8) is 0 Å². The Kier molecular flexibility index (Phi) is 8.23. The first-order valence-corrected chi connectivity index (χ1v) is 11.9. The smallest absolute Gasteiger partial charge is 0.242 e. The van der Waals surface area contributed by atoms with Crippen molar-refractivity contribution in [3.8, 4) is 0 Å². The quantitative estimate of drug-likeness (QED) is 0.414. The van der Waals surface area contributed by atoms with Crippen molar-refractivity contribution in [1.82, 2.24) is 15.1 Å². The summed E-state index contributed by atoms with van der Waals surface area (Å²) in [6.07, 6.45) is 5.82. The largest absolute Gasteiger partial charge is 0.354 e. The van der Waals surface area contributed by atoms with Gasteiger partial charge < -0.3 is 10.2 Å².